The maximum absolute atomic E-state index is 5.98. The van der Waals surface area contributed by atoms with Crippen molar-refractivity contribution in [3.8, 4) is 0 Å². The lowest BCUT2D eigenvalue weighted by Gasteiger charge is -2.19. The van der Waals surface area contributed by atoms with E-state index < -0.39 is 0 Å². The van der Waals surface area contributed by atoms with Crippen LogP contribution in [-0.2, 0) is 0 Å². The lowest BCUT2D eigenvalue weighted by Crippen LogP contribution is -2.13. The molecule has 1 rings (SSSR count). The van der Waals surface area contributed by atoms with Gasteiger partial charge < -0.3 is 0 Å². The minimum Gasteiger partial charge on any atom is -0.126 e. The van der Waals surface area contributed by atoms with Gasteiger partial charge in [-0.3, -0.25) is 0 Å². The SMILES string of the molecule is CC(C)CC1(CCl)CC1(C)C. The molecule has 0 nitrogen and oxygen atoms in total. The molecule has 1 atom stereocenters. The van der Waals surface area contributed by atoms with Gasteiger partial charge >= 0.3 is 0 Å². The fraction of sp³-hybridized carbons (Fsp3) is 1.00. The van der Waals surface area contributed by atoms with E-state index in [2.05, 4.69) is 27.7 Å². The Labute approximate surface area is 75.3 Å². The van der Waals surface area contributed by atoms with Crippen LogP contribution in [0.5, 0.6) is 0 Å². The largest absolute Gasteiger partial charge is 0.126 e. The summed E-state index contributed by atoms with van der Waals surface area (Å²) in [5.74, 6) is 1.63. The third-order valence-corrected chi connectivity index (χ3v) is 3.66. The summed E-state index contributed by atoms with van der Waals surface area (Å²) in [4.78, 5) is 0. The third-order valence-electron chi connectivity index (χ3n) is 3.15. The van der Waals surface area contributed by atoms with E-state index in [4.69, 9.17) is 11.6 Å². The zero-order valence-electron chi connectivity index (χ0n) is 8.08. The van der Waals surface area contributed by atoms with E-state index in [1.165, 1.54) is 12.8 Å². The second-order valence-electron chi connectivity index (χ2n) is 5.07. The molecule has 0 radical (unpaired) electrons. The van der Waals surface area contributed by atoms with Crippen molar-refractivity contribution in [2.75, 3.05) is 5.88 Å². The number of halogens is 1. The second-order valence-corrected chi connectivity index (χ2v) is 5.34. The van der Waals surface area contributed by atoms with Gasteiger partial charge in [-0.1, -0.05) is 27.7 Å². The highest BCUT2D eigenvalue weighted by Crippen LogP contribution is 2.66. The summed E-state index contributed by atoms with van der Waals surface area (Å²) in [6.07, 6.45) is 2.62. The predicted octanol–water partition coefficient (Wildman–Crippen LogP) is 3.69. The van der Waals surface area contributed by atoms with Crippen LogP contribution in [0.15, 0.2) is 0 Å². The molecule has 0 N–H and O–H groups in total. The van der Waals surface area contributed by atoms with E-state index in [-0.39, 0.29) is 0 Å². The molecule has 0 bridgehead atoms. The zero-order chi connectivity index (χ0) is 8.70. The average molecular weight is 175 g/mol. The van der Waals surface area contributed by atoms with Crippen molar-refractivity contribution in [1.82, 2.24) is 0 Å². The number of rotatable bonds is 3. The van der Waals surface area contributed by atoms with Crippen molar-refractivity contribution in [3.63, 3.8) is 0 Å². The van der Waals surface area contributed by atoms with Crippen molar-refractivity contribution in [2.24, 2.45) is 16.7 Å². The van der Waals surface area contributed by atoms with Gasteiger partial charge in [0, 0.05) is 5.88 Å². The van der Waals surface area contributed by atoms with Gasteiger partial charge in [-0.05, 0) is 29.6 Å². The summed E-state index contributed by atoms with van der Waals surface area (Å²) >= 11 is 5.98. The molecule has 1 heteroatoms. The quantitative estimate of drug-likeness (QED) is 0.573. The Morgan fingerprint density at radius 1 is 1.36 bits per heavy atom. The highest BCUT2D eigenvalue weighted by Gasteiger charge is 2.59. The van der Waals surface area contributed by atoms with Gasteiger partial charge in [0.1, 0.15) is 0 Å². The van der Waals surface area contributed by atoms with Gasteiger partial charge in [-0.25, -0.2) is 0 Å². The number of hydrogen-bond donors (Lipinski definition) is 0. The summed E-state index contributed by atoms with van der Waals surface area (Å²) in [7, 11) is 0. The van der Waals surface area contributed by atoms with E-state index in [0.29, 0.717) is 10.8 Å². The Morgan fingerprint density at radius 3 is 1.91 bits per heavy atom. The molecule has 0 saturated heterocycles. The van der Waals surface area contributed by atoms with Crippen LogP contribution in [0.3, 0.4) is 0 Å². The lowest BCUT2D eigenvalue weighted by molar-refractivity contribution is 0.344. The molecule has 1 aliphatic carbocycles. The summed E-state index contributed by atoms with van der Waals surface area (Å²) in [6, 6.07) is 0. The fourth-order valence-electron chi connectivity index (χ4n) is 2.21. The molecule has 1 unspecified atom stereocenters. The Morgan fingerprint density at radius 2 is 1.82 bits per heavy atom. The van der Waals surface area contributed by atoms with Gasteiger partial charge in [0.25, 0.3) is 0 Å². The molecule has 0 aromatic heterocycles. The summed E-state index contributed by atoms with van der Waals surface area (Å²) in [6.45, 7) is 9.22. The van der Waals surface area contributed by atoms with Gasteiger partial charge in [0.15, 0.2) is 0 Å². The van der Waals surface area contributed by atoms with Crippen LogP contribution >= 0.6 is 11.6 Å². The van der Waals surface area contributed by atoms with E-state index in [1.54, 1.807) is 0 Å². The second kappa shape index (κ2) is 2.65. The third kappa shape index (κ3) is 1.56. The van der Waals surface area contributed by atoms with Crippen LogP contribution in [0, 0.1) is 16.7 Å². The van der Waals surface area contributed by atoms with Crippen LogP contribution in [0.1, 0.15) is 40.5 Å². The summed E-state index contributed by atoms with van der Waals surface area (Å²) in [5.41, 5.74) is 0.988. The van der Waals surface area contributed by atoms with Crippen molar-refractivity contribution < 1.29 is 0 Å². The van der Waals surface area contributed by atoms with E-state index in [9.17, 15) is 0 Å². The molecular formula is C10H19Cl. The van der Waals surface area contributed by atoms with Gasteiger partial charge in [0.2, 0.25) is 0 Å². The van der Waals surface area contributed by atoms with Crippen molar-refractivity contribution >= 4 is 11.6 Å². The van der Waals surface area contributed by atoms with Crippen LogP contribution in [-0.4, -0.2) is 5.88 Å². The molecule has 1 saturated carbocycles. The monoisotopic (exact) mass is 174 g/mol. The van der Waals surface area contributed by atoms with Crippen LogP contribution in [0.4, 0.5) is 0 Å². The number of alkyl halides is 1. The van der Waals surface area contributed by atoms with Crippen molar-refractivity contribution in [3.05, 3.63) is 0 Å². The topological polar surface area (TPSA) is 0 Å². The Balaban J connectivity index is 2.53. The van der Waals surface area contributed by atoms with Crippen LogP contribution in [0.2, 0.25) is 0 Å². The van der Waals surface area contributed by atoms with Crippen molar-refractivity contribution in [1.29, 1.82) is 0 Å². The molecule has 66 valence electrons. The van der Waals surface area contributed by atoms with Gasteiger partial charge in [0.05, 0.1) is 0 Å². The first-order valence-corrected chi connectivity index (χ1v) is 5.03. The molecule has 11 heavy (non-hydrogen) atoms. The van der Waals surface area contributed by atoms with E-state index in [0.717, 1.165) is 11.8 Å². The minimum atomic E-state index is 0.475. The molecule has 0 heterocycles. The Hall–Kier alpha value is 0.290. The maximum atomic E-state index is 5.98. The highest BCUT2D eigenvalue weighted by atomic mass is 35.5. The average Bonchev–Trinajstić information content (AvgIpc) is 2.33. The highest BCUT2D eigenvalue weighted by molar-refractivity contribution is 6.18. The van der Waals surface area contributed by atoms with E-state index in [1.807, 2.05) is 0 Å². The minimum absolute atomic E-state index is 0.475. The molecule has 0 amide bonds. The van der Waals surface area contributed by atoms with Crippen LogP contribution in [0.25, 0.3) is 0 Å². The normalized spacial score (nSPS) is 34.4. The molecule has 0 aliphatic heterocycles. The Bertz CT molecular complexity index is 149. The van der Waals surface area contributed by atoms with Gasteiger partial charge in [-0.2, -0.15) is 0 Å². The first-order chi connectivity index (χ1) is 4.93. The summed E-state index contributed by atoms with van der Waals surface area (Å²) < 4.78 is 0. The first-order valence-electron chi connectivity index (χ1n) is 4.49. The maximum Gasteiger partial charge on any atom is 0.0285 e. The molecular weight excluding hydrogens is 156 g/mol. The molecule has 1 aliphatic rings. The molecule has 1 fully saturated rings. The van der Waals surface area contributed by atoms with E-state index >= 15 is 0 Å². The number of hydrogen-bond acceptors (Lipinski definition) is 0. The predicted molar refractivity (Wildman–Crippen MR) is 51.0 cm³/mol. The van der Waals surface area contributed by atoms with Gasteiger partial charge in [-0.15, -0.1) is 11.6 Å². The standard InChI is InChI=1S/C10H19Cl/c1-8(2)5-10(7-11)6-9(10,3)4/h8H,5-7H2,1-4H3. The molecule has 0 aromatic carbocycles. The first kappa shape index (κ1) is 9.38. The fourth-order valence-corrected chi connectivity index (χ4v) is 2.78. The lowest BCUT2D eigenvalue weighted by atomic mass is 9.89. The van der Waals surface area contributed by atoms with Crippen molar-refractivity contribution in [2.45, 2.75) is 40.5 Å². The molecule has 0 aromatic rings. The Kier molecular flexibility index (Phi) is 2.26. The van der Waals surface area contributed by atoms with Crippen LogP contribution < -0.4 is 0 Å². The smallest absolute Gasteiger partial charge is 0.0285 e. The summed E-state index contributed by atoms with van der Waals surface area (Å²) in [5, 5.41) is 0. The molecule has 0 spiro atoms. The zero-order valence-corrected chi connectivity index (χ0v) is 8.83.